The van der Waals surface area contributed by atoms with E-state index in [2.05, 4.69) is 53.8 Å². The summed E-state index contributed by atoms with van der Waals surface area (Å²) in [6.45, 7) is 9.01. The fourth-order valence-corrected chi connectivity index (χ4v) is 3.61. The molecule has 1 aliphatic heterocycles. The molecule has 10 nitrogen and oxygen atoms in total. The van der Waals surface area contributed by atoms with Gasteiger partial charge in [-0.2, -0.15) is 10.2 Å². The highest BCUT2D eigenvalue weighted by Crippen LogP contribution is 2.24. The van der Waals surface area contributed by atoms with Crippen molar-refractivity contribution < 1.29 is 0 Å². The van der Waals surface area contributed by atoms with Crippen molar-refractivity contribution in [2.45, 2.75) is 26.4 Å². The summed E-state index contributed by atoms with van der Waals surface area (Å²) in [5, 5.41) is 19.6. The van der Waals surface area contributed by atoms with Crippen molar-refractivity contribution in [3.8, 4) is 0 Å². The van der Waals surface area contributed by atoms with Crippen LogP contribution in [-0.4, -0.2) is 69.5 Å². The van der Waals surface area contributed by atoms with Gasteiger partial charge in [-0.05, 0) is 49.9 Å². The van der Waals surface area contributed by atoms with Crippen LogP contribution in [0.3, 0.4) is 0 Å². The first kappa shape index (κ1) is 21.8. The van der Waals surface area contributed by atoms with Gasteiger partial charge in [0, 0.05) is 50.2 Å². The van der Waals surface area contributed by atoms with Gasteiger partial charge in [0.05, 0.1) is 6.04 Å². The van der Waals surface area contributed by atoms with Crippen molar-refractivity contribution in [3.05, 3.63) is 54.0 Å². The molecule has 0 aliphatic carbocycles. The molecule has 0 bridgehead atoms. The summed E-state index contributed by atoms with van der Waals surface area (Å²) in [7, 11) is 2.17. The molecule has 0 spiro atoms. The quantitative estimate of drug-likeness (QED) is 0.256. The zero-order chi connectivity index (χ0) is 22.5. The van der Waals surface area contributed by atoms with E-state index in [0.717, 1.165) is 55.3 Å². The van der Waals surface area contributed by atoms with Crippen LogP contribution >= 0.6 is 0 Å². The zero-order valence-corrected chi connectivity index (χ0v) is 18.8. The van der Waals surface area contributed by atoms with Crippen LogP contribution in [0, 0.1) is 0 Å². The van der Waals surface area contributed by atoms with Crippen molar-refractivity contribution in [3.63, 3.8) is 0 Å². The third-order valence-electron chi connectivity index (χ3n) is 5.38. The molecular weight excluding hydrogens is 404 g/mol. The largest absolute Gasteiger partial charge is 0.382 e. The second kappa shape index (κ2) is 9.84. The Morgan fingerprint density at radius 1 is 1.19 bits per heavy atom. The third-order valence-corrected chi connectivity index (χ3v) is 5.38. The monoisotopic (exact) mass is 434 g/mol. The van der Waals surface area contributed by atoms with E-state index in [-0.39, 0.29) is 6.04 Å². The van der Waals surface area contributed by atoms with Gasteiger partial charge in [0.2, 0.25) is 0 Å². The highest BCUT2D eigenvalue weighted by molar-refractivity contribution is 5.98. The Morgan fingerprint density at radius 3 is 2.78 bits per heavy atom. The molecule has 168 valence electrons. The first-order valence-electron chi connectivity index (χ1n) is 10.8. The molecule has 0 amide bonds. The molecule has 3 heterocycles. The van der Waals surface area contributed by atoms with Crippen LogP contribution in [0.5, 0.6) is 0 Å². The van der Waals surface area contributed by atoms with Crippen molar-refractivity contribution in [2.24, 2.45) is 21.2 Å². The summed E-state index contributed by atoms with van der Waals surface area (Å²) in [5.41, 5.74) is 9.87. The van der Waals surface area contributed by atoms with E-state index < -0.39 is 0 Å². The van der Waals surface area contributed by atoms with Crippen molar-refractivity contribution in [1.82, 2.24) is 24.4 Å². The molecular formula is C22H30N10. The summed E-state index contributed by atoms with van der Waals surface area (Å²) >= 11 is 0. The third kappa shape index (κ3) is 5.27. The number of fused-ring (bicyclic) bond motifs is 1. The van der Waals surface area contributed by atoms with Crippen LogP contribution in [0.2, 0.25) is 0 Å². The lowest BCUT2D eigenvalue weighted by Crippen LogP contribution is -2.43. The highest BCUT2D eigenvalue weighted by Gasteiger charge is 2.17. The summed E-state index contributed by atoms with van der Waals surface area (Å²) in [6, 6.07) is 9.89. The van der Waals surface area contributed by atoms with Crippen LogP contribution in [0.4, 0.5) is 11.5 Å². The van der Waals surface area contributed by atoms with Crippen LogP contribution in [0.25, 0.3) is 5.52 Å². The lowest BCUT2D eigenvalue weighted by atomic mass is 10.2. The number of amidine groups is 1. The Morgan fingerprint density at radius 2 is 2.00 bits per heavy atom. The maximum Gasteiger partial charge on any atom is 0.158 e. The molecule has 10 heteroatoms. The van der Waals surface area contributed by atoms with Crippen LogP contribution < -0.4 is 11.1 Å². The molecule has 0 saturated carbocycles. The second-order valence-electron chi connectivity index (χ2n) is 8.31. The SMILES string of the molecule is CC(C)N=NN=C(N)c1cccc(Nc2ncnn3ccc(CN4CCN(C)CC4)c23)c1. The van der Waals surface area contributed by atoms with E-state index in [1.165, 1.54) is 5.56 Å². The van der Waals surface area contributed by atoms with Gasteiger partial charge < -0.3 is 16.0 Å². The predicted octanol–water partition coefficient (Wildman–Crippen LogP) is 2.70. The number of rotatable bonds is 7. The summed E-state index contributed by atoms with van der Waals surface area (Å²) in [5.74, 6) is 1.06. The Labute approximate surface area is 187 Å². The van der Waals surface area contributed by atoms with Gasteiger partial charge in [0.15, 0.2) is 11.7 Å². The highest BCUT2D eigenvalue weighted by atomic mass is 15.4. The number of piperazine rings is 1. The normalized spacial score (nSPS) is 16.4. The fraction of sp³-hybridized carbons (Fsp3) is 0.409. The Kier molecular flexibility index (Phi) is 6.72. The Bertz CT molecular complexity index is 1110. The number of likely N-dealkylation sites (N-methyl/N-ethyl adjacent to an activating group) is 1. The molecule has 3 aromatic rings. The van der Waals surface area contributed by atoms with Gasteiger partial charge >= 0.3 is 0 Å². The number of hydrogen-bond acceptors (Lipinski definition) is 7. The minimum atomic E-state index is 0.0711. The number of anilines is 2. The van der Waals surface area contributed by atoms with Crippen LogP contribution in [-0.2, 0) is 6.54 Å². The maximum absolute atomic E-state index is 6.09. The minimum absolute atomic E-state index is 0.0711. The van der Waals surface area contributed by atoms with Gasteiger partial charge in [0.1, 0.15) is 11.8 Å². The molecule has 0 unspecified atom stereocenters. The number of benzene rings is 1. The molecule has 1 saturated heterocycles. The molecule has 4 rings (SSSR count). The number of nitrogens with zero attached hydrogens (tertiary/aromatic N) is 8. The molecule has 3 N–H and O–H groups in total. The fourth-order valence-electron chi connectivity index (χ4n) is 3.61. The lowest BCUT2D eigenvalue weighted by Gasteiger charge is -2.32. The number of aromatic nitrogens is 3. The smallest absolute Gasteiger partial charge is 0.158 e. The summed E-state index contributed by atoms with van der Waals surface area (Å²) < 4.78 is 1.87. The van der Waals surface area contributed by atoms with Crippen LogP contribution in [0.1, 0.15) is 25.0 Å². The number of nitrogens with one attached hydrogen (secondary N) is 1. The molecule has 0 radical (unpaired) electrons. The molecule has 2 aromatic heterocycles. The maximum atomic E-state index is 6.09. The van der Waals surface area contributed by atoms with E-state index in [1.54, 1.807) is 6.33 Å². The van der Waals surface area contributed by atoms with E-state index in [0.29, 0.717) is 5.84 Å². The second-order valence-corrected chi connectivity index (χ2v) is 8.31. The molecule has 1 fully saturated rings. The molecule has 1 aliphatic rings. The summed E-state index contributed by atoms with van der Waals surface area (Å²) in [6.07, 6.45) is 3.54. The average Bonchev–Trinajstić information content (AvgIpc) is 3.19. The van der Waals surface area contributed by atoms with Gasteiger partial charge in [0.25, 0.3) is 0 Å². The standard InChI is InChI=1S/C22H30N10/c1-16(2)27-29-28-21(23)17-5-4-6-19(13-17)26-22-20-18(7-8-32(20)25-15-24-22)14-31-11-9-30(3)10-12-31/h4-8,13,15-16H,9-12,14H2,1-3H3,(H2,23,27,28)(H,24,25,26). The van der Waals surface area contributed by atoms with Gasteiger partial charge in [-0.25, -0.2) is 9.50 Å². The van der Waals surface area contributed by atoms with Crippen molar-refractivity contribution >= 4 is 22.9 Å². The Balaban J connectivity index is 1.56. The first-order valence-corrected chi connectivity index (χ1v) is 10.8. The van der Waals surface area contributed by atoms with E-state index in [1.807, 2.05) is 48.8 Å². The Hall–Kier alpha value is -3.37. The zero-order valence-electron chi connectivity index (χ0n) is 18.8. The first-order chi connectivity index (χ1) is 15.5. The summed E-state index contributed by atoms with van der Waals surface area (Å²) in [4.78, 5) is 9.34. The molecule has 1 aromatic carbocycles. The number of hydrogen-bond donors (Lipinski definition) is 2. The van der Waals surface area contributed by atoms with Crippen LogP contribution in [0.15, 0.2) is 58.3 Å². The topological polar surface area (TPSA) is 112 Å². The minimum Gasteiger partial charge on any atom is -0.382 e. The molecule has 32 heavy (non-hydrogen) atoms. The average molecular weight is 435 g/mol. The molecule has 0 atom stereocenters. The van der Waals surface area contributed by atoms with E-state index in [9.17, 15) is 0 Å². The van der Waals surface area contributed by atoms with Gasteiger partial charge in [-0.15, -0.1) is 5.10 Å². The number of nitrogens with two attached hydrogens (primary N) is 1. The predicted molar refractivity (Wildman–Crippen MR) is 126 cm³/mol. The van der Waals surface area contributed by atoms with E-state index in [4.69, 9.17) is 5.73 Å². The van der Waals surface area contributed by atoms with Gasteiger partial charge in [-0.1, -0.05) is 12.1 Å². The van der Waals surface area contributed by atoms with Crippen molar-refractivity contribution in [2.75, 3.05) is 38.5 Å². The van der Waals surface area contributed by atoms with Crippen molar-refractivity contribution in [1.29, 1.82) is 0 Å². The van der Waals surface area contributed by atoms with E-state index >= 15 is 0 Å². The lowest BCUT2D eigenvalue weighted by molar-refractivity contribution is 0.148. The van der Waals surface area contributed by atoms with Gasteiger partial charge in [-0.3, -0.25) is 4.90 Å².